The predicted molar refractivity (Wildman–Crippen MR) is 86.1 cm³/mol. The molecule has 1 aromatic carbocycles. The minimum absolute atomic E-state index is 0.102. The van der Waals surface area contributed by atoms with Crippen LogP contribution in [0, 0.1) is 10.1 Å². The van der Waals surface area contributed by atoms with Gasteiger partial charge in [-0.15, -0.1) is 0 Å². The summed E-state index contributed by atoms with van der Waals surface area (Å²) in [6, 6.07) is 4.33. The molecule has 3 rings (SSSR count). The van der Waals surface area contributed by atoms with Crippen molar-refractivity contribution in [2.45, 2.75) is 44.2 Å². The zero-order valence-electron chi connectivity index (χ0n) is 13.1. The van der Waals surface area contributed by atoms with E-state index in [0.717, 1.165) is 19.3 Å². The monoisotopic (exact) mass is 333 g/mol. The van der Waals surface area contributed by atoms with Gasteiger partial charge in [-0.05, 0) is 37.8 Å². The molecule has 0 bridgehead atoms. The third kappa shape index (κ3) is 3.47. The zero-order valence-corrected chi connectivity index (χ0v) is 13.1. The number of nitrogens with zero attached hydrogens (tertiary/aromatic N) is 2. The smallest absolute Gasteiger partial charge is 0.305 e. The van der Waals surface area contributed by atoms with Gasteiger partial charge in [0.25, 0.3) is 11.6 Å². The molecular weight excluding hydrogens is 314 g/mol. The van der Waals surface area contributed by atoms with E-state index in [9.17, 15) is 19.7 Å². The third-order valence-electron chi connectivity index (χ3n) is 4.43. The minimum atomic E-state index is -0.949. The van der Waals surface area contributed by atoms with Crippen molar-refractivity contribution in [1.29, 1.82) is 0 Å². The quantitative estimate of drug-likeness (QED) is 0.610. The lowest BCUT2D eigenvalue weighted by molar-refractivity contribution is -0.384. The minimum Gasteiger partial charge on any atom is -0.481 e. The number of likely N-dealkylation sites (tertiary alicyclic amines) is 1. The first kappa shape index (κ1) is 16.2. The number of benzene rings is 1. The summed E-state index contributed by atoms with van der Waals surface area (Å²) < 4.78 is 0. The van der Waals surface area contributed by atoms with E-state index in [1.165, 1.54) is 11.0 Å². The summed E-state index contributed by atoms with van der Waals surface area (Å²) in [6.07, 6.45) is 3.26. The maximum Gasteiger partial charge on any atom is 0.305 e. The van der Waals surface area contributed by atoms with Crippen molar-refractivity contribution in [2.24, 2.45) is 0 Å². The Bertz CT molecular complexity index is 686. The predicted octanol–water partition coefficient (Wildman–Crippen LogP) is 2.25. The number of amides is 1. The highest BCUT2D eigenvalue weighted by Gasteiger charge is 2.32. The average Bonchev–Trinajstić information content (AvgIpc) is 3.23. The number of nitro benzene ring substituents is 1. The van der Waals surface area contributed by atoms with E-state index in [4.69, 9.17) is 5.11 Å². The molecule has 0 spiro atoms. The summed E-state index contributed by atoms with van der Waals surface area (Å²) in [6.45, 7) is 0.479. The van der Waals surface area contributed by atoms with Gasteiger partial charge in [0.1, 0.15) is 5.69 Å². The Hall–Kier alpha value is -2.64. The maximum atomic E-state index is 12.6. The SMILES string of the molecule is O=C(O)CC1CCCN1C(=O)c1ccc(NC2CC2)c([N+](=O)[O-])c1. The summed E-state index contributed by atoms with van der Waals surface area (Å²) in [7, 11) is 0. The van der Waals surface area contributed by atoms with Crippen LogP contribution in [-0.2, 0) is 4.79 Å². The Labute approximate surface area is 138 Å². The molecule has 1 aliphatic carbocycles. The lowest BCUT2D eigenvalue weighted by Crippen LogP contribution is -2.36. The van der Waals surface area contributed by atoms with E-state index in [0.29, 0.717) is 18.7 Å². The molecule has 1 atom stereocenters. The number of nitrogens with one attached hydrogen (secondary N) is 1. The van der Waals surface area contributed by atoms with Crippen LogP contribution in [0.25, 0.3) is 0 Å². The fraction of sp³-hybridized carbons (Fsp3) is 0.500. The van der Waals surface area contributed by atoms with Gasteiger partial charge >= 0.3 is 5.97 Å². The van der Waals surface area contributed by atoms with Crippen LogP contribution in [0.1, 0.15) is 42.5 Å². The molecule has 1 amide bonds. The molecule has 2 N–H and O–H groups in total. The van der Waals surface area contributed by atoms with E-state index in [1.54, 1.807) is 12.1 Å². The topological polar surface area (TPSA) is 113 Å². The molecule has 24 heavy (non-hydrogen) atoms. The number of carboxylic acids is 1. The van der Waals surface area contributed by atoms with Crippen LogP contribution < -0.4 is 5.32 Å². The number of rotatable bonds is 6. The highest BCUT2D eigenvalue weighted by atomic mass is 16.6. The highest BCUT2D eigenvalue weighted by molar-refractivity contribution is 5.96. The first-order valence-corrected chi connectivity index (χ1v) is 8.03. The van der Waals surface area contributed by atoms with Gasteiger partial charge in [0.15, 0.2) is 0 Å². The summed E-state index contributed by atoms with van der Waals surface area (Å²) in [5, 5.41) is 23.3. The molecule has 128 valence electrons. The number of hydrogen-bond acceptors (Lipinski definition) is 5. The van der Waals surface area contributed by atoms with E-state index in [2.05, 4.69) is 5.32 Å². The number of nitro groups is 1. The molecule has 0 aromatic heterocycles. The summed E-state index contributed by atoms with van der Waals surface area (Å²) >= 11 is 0. The second-order valence-corrected chi connectivity index (χ2v) is 6.30. The normalized spacial score (nSPS) is 20.0. The van der Waals surface area contributed by atoms with Gasteiger partial charge in [-0.3, -0.25) is 19.7 Å². The Morgan fingerprint density at radius 3 is 2.71 bits per heavy atom. The van der Waals surface area contributed by atoms with Gasteiger partial charge in [-0.1, -0.05) is 0 Å². The Morgan fingerprint density at radius 2 is 2.08 bits per heavy atom. The first-order chi connectivity index (χ1) is 11.5. The van der Waals surface area contributed by atoms with Gasteiger partial charge in [0, 0.05) is 30.3 Å². The second-order valence-electron chi connectivity index (χ2n) is 6.30. The first-order valence-electron chi connectivity index (χ1n) is 8.03. The van der Waals surface area contributed by atoms with Crippen LogP contribution in [-0.4, -0.2) is 45.4 Å². The highest BCUT2D eigenvalue weighted by Crippen LogP contribution is 2.32. The average molecular weight is 333 g/mol. The van der Waals surface area contributed by atoms with Crippen molar-refractivity contribution in [3.05, 3.63) is 33.9 Å². The second kappa shape index (κ2) is 6.46. The molecule has 8 nitrogen and oxygen atoms in total. The number of carbonyl (C=O) groups is 2. The van der Waals surface area contributed by atoms with Crippen LogP contribution in [0.4, 0.5) is 11.4 Å². The molecule has 0 radical (unpaired) electrons. The molecule has 1 saturated carbocycles. The van der Waals surface area contributed by atoms with E-state index >= 15 is 0 Å². The fourth-order valence-electron chi connectivity index (χ4n) is 3.07. The van der Waals surface area contributed by atoms with E-state index in [-0.39, 0.29) is 35.7 Å². The number of aliphatic carboxylic acids is 1. The Kier molecular flexibility index (Phi) is 4.37. The van der Waals surface area contributed by atoms with Crippen LogP contribution >= 0.6 is 0 Å². The zero-order chi connectivity index (χ0) is 17.3. The van der Waals surface area contributed by atoms with E-state index < -0.39 is 10.9 Å². The summed E-state index contributed by atoms with van der Waals surface area (Å²) in [4.78, 5) is 35.9. The molecule has 1 unspecified atom stereocenters. The largest absolute Gasteiger partial charge is 0.481 e. The molecular formula is C16H19N3O5. The van der Waals surface area contributed by atoms with Gasteiger partial charge in [0.2, 0.25) is 0 Å². The molecule has 1 saturated heterocycles. The van der Waals surface area contributed by atoms with Crippen LogP contribution in [0.15, 0.2) is 18.2 Å². The third-order valence-corrected chi connectivity index (χ3v) is 4.43. The molecule has 2 fully saturated rings. The van der Waals surface area contributed by atoms with Gasteiger partial charge in [-0.25, -0.2) is 0 Å². The Morgan fingerprint density at radius 1 is 1.33 bits per heavy atom. The van der Waals surface area contributed by atoms with Crippen molar-refractivity contribution < 1.29 is 19.6 Å². The van der Waals surface area contributed by atoms with Crippen molar-refractivity contribution in [3.8, 4) is 0 Å². The number of hydrogen-bond donors (Lipinski definition) is 2. The molecule has 8 heteroatoms. The van der Waals surface area contributed by atoms with Gasteiger partial charge < -0.3 is 15.3 Å². The van der Waals surface area contributed by atoms with Crippen LogP contribution in [0.3, 0.4) is 0 Å². The van der Waals surface area contributed by atoms with Gasteiger partial charge in [-0.2, -0.15) is 0 Å². The van der Waals surface area contributed by atoms with Crippen molar-refractivity contribution in [2.75, 3.05) is 11.9 Å². The molecule has 1 heterocycles. The summed E-state index contributed by atoms with van der Waals surface area (Å²) in [5.74, 6) is -1.30. The molecule has 2 aliphatic rings. The standard InChI is InChI=1S/C16H19N3O5/c20-15(21)9-12-2-1-7-18(12)16(22)10-3-6-13(17-11-4-5-11)14(8-10)19(23)24/h3,6,8,11-12,17H,1-2,4-5,7,9H2,(H,20,21). The Balaban J connectivity index is 1.82. The number of carbonyl (C=O) groups excluding carboxylic acids is 1. The molecule has 1 aliphatic heterocycles. The van der Waals surface area contributed by atoms with Crippen LogP contribution in [0.5, 0.6) is 0 Å². The van der Waals surface area contributed by atoms with Crippen molar-refractivity contribution in [3.63, 3.8) is 0 Å². The lowest BCUT2D eigenvalue weighted by atomic mass is 10.1. The van der Waals surface area contributed by atoms with Crippen molar-refractivity contribution >= 4 is 23.3 Å². The van der Waals surface area contributed by atoms with Gasteiger partial charge in [0.05, 0.1) is 11.3 Å². The van der Waals surface area contributed by atoms with Crippen molar-refractivity contribution in [1.82, 2.24) is 4.90 Å². The fourth-order valence-corrected chi connectivity index (χ4v) is 3.07. The summed E-state index contributed by atoms with van der Waals surface area (Å²) in [5.41, 5.74) is 0.518. The maximum absolute atomic E-state index is 12.6. The number of carboxylic acid groups (broad SMARTS) is 1. The van der Waals surface area contributed by atoms with E-state index in [1.807, 2.05) is 0 Å². The molecule has 1 aromatic rings. The van der Waals surface area contributed by atoms with Crippen LogP contribution in [0.2, 0.25) is 0 Å². The number of anilines is 1. The lowest BCUT2D eigenvalue weighted by Gasteiger charge is -2.23.